The Balaban J connectivity index is 1.20. The topological polar surface area (TPSA) is 9.23 Å². The van der Waals surface area contributed by atoms with E-state index in [0.717, 1.165) is 43.4 Å². The lowest BCUT2D eigenvalue weighted by Crippen LogP contribution is -2.21. The van der Waals surface area contributed by atoms with Crippen LogP contribution in [0, 0.1) is 23.3 Å². The monoisotopic (exact) mass is 596 g/mol. The normalized spacial score (nSPS) is 17.2. The van der Waals surface area contributed by atoms with Crippen LogP contribution in [-0.2, 0) is 12.5 Å². The molecule has 0 aromatic heterocycles. The number of rotatable bonds is 10. The van der Waals surface area contributed by atoms with Gasteiger partial charge in [0.25, 0.3) is 0 Å². The maximum atomic E-state index is 15.2. The summed E-state index contributed by atoms with van der Waals surface area (Å²) in [5, 5.41) is 0. The molecule has 0 bridgehead atoms. The fourth-order valence-corrected chi connectivity index (χ4v) is 5.95. The number of aryl methyl sites for hydroxylation is 1. The lowest BCUT2D eigenvalue weighted by molar-refractivity contribution is -0.185. The molecule has 0 aliphatic heterocycles. The molecule has 7 heteroatoms. The number of halogens is 6. The van der Waals surface area contributed by atoms with E-state index in [1.54, 1.807) is 36.4 Å². The number of unbranched alkanes of at least 4 members (excludes halogenated alkanes) is 2. The number of alkyl halides is 2. The van der Waals surface area contributed by atoms with Crippen molar-refractivity contribution < 1.29 is 31.1 Å². The van der Waals surface area contributed by atoms with E-state index >= 15 is 4.39 Å². The maximum Gasteiger partial charge on any atom is 0.426 e. The van der Waals surface area contributed by atoms with Crippen LogP contribution in [0.2, 0.25) is 0 Å². The van der Waals surface area contributed by atoms with Gasteiger partial charge in [-0.2, -0.15) is 8.78 Å². The van der Waals surface area contributed by atoms with E-state index in [2.05, 4.69) is 6.92 Å². The highest BCUT2D eigenvalue weighted by atomic mass is 19.3. The van der Waals surface area contributed by atoms with Gasteiger partial charge in [-0.1, -0.05) is 56.2 Å². The van der Waals surface area contributed by atoms with Gasteiger partial charge in [0.2, 0.25) is 0 Å². The third kappa shape index (κ3) is 7.26. The second-order valence-electron chi connectivity index (χ2n) is 11.4. The molecule has 0 spiro atoms. The van der Waals surface area contributed by atoms with E-state index < -0.39 is 23.6 Å². The Hall–Kier alpha value is -3.74. The number of hydrogen-bond donors (Lipinski definition) is 0. The smallest absolute Gasteiger partial charge is 0.426 e. The van der Waals surface area contributed by atoms with Gasteiger partial charge >= 0.3 is 6.11 Å². The van der Waals surface area contributed by atoms with Gasteiger partial charge < -0.3 is 4.74 Å². The van der Waals surface area contributed by atoms with Crippen LogP contribution in [0.25, 0.3) is 11.1 Å². The second kappa shape index (κ2) is 13.3. The van der Waals surface area contributed by atoms with Gasteiger partial charge in [0.1, 0.15) is 11.6 Å². The van der Waals surface area contributed by atoms with Gasteiger partial charge in [-0.05, 0) is 121 Å². The minimum Gasteiger partial charge on any atom is -0.429 e. The fraction of sp³-hybridized carbons (Fsp3) is 0.333. The zero-order valence-electron chi connectivity index (χ0n) is 24.0. The molecule has 0 saturated heterocycles. The molecule has 226 valence electrons. The Morgan fingerprint density at radius 3 is 1.88 bits per heavy atom. The van der Waals surface area contributed by atoms with Crippen LogP contribution in [0.15, 0.2) is 78.9 Å². The summed E-state index contributed by atoms with van der Waals surface area (Å²) >= 11 is 0. The lowest BCUT2D eigenvalue weighted by atomic mass is 9.76. The first-order valence-electron chi connectivity index (χ1n) is 14.8. The Morgan fingerprint density at radius 2 is 1.28 bits per heavy atom. The van der Waals surface area contributed by atoms with Crippen molar-refractivity contribution in [3.63, 3.8) is 0 Å². The highest BCUT2D eigenvalue weighted by Gasteiger charge is 2.34. The number of benzene rings is 4. The van der Waals surface area contributed by atoms with Gasteiger partial charge in [-0.15, -0.1) is 0 Å². The molecule has 4 aromatic rings. The highest BCUT2D eigenvalue weighted by molar-refractivity contribution is 5.65. The molecule has 1 aliphatic rings. The van der Waals surface area contributed by atoms with Crippen molar-refractivity contribution in [3.05, 3.63) is 124 Å². The number of ether oxygens (including phenoxy) is 1. The average molecular weight is 597 g/mol. The third-order valence-electron chi connectivity index (χ3n) is 8.44. The van der Waals surface area contributed by atoms with Crippen LogP contribution in [0.3, 0.4) is 0 Å². The molecule has 0 N–H and O–H groups in total. The van der Waals surface area contributed by atoms with E-state index in [4.69, 9.17) is 4.74 Å². The SMILES string of the molecule is CCCCCc1ccc(C(F)(F)Oc2ccc(-c3ccc(C4CCC(c5cc(F)c(F)c(F)c5)CC4)c(F)c3)cc2)cc1. The molecule has 0 unspecified atom stereocenters. The van der Waals surface area contributed by atoms with Gasteiger partial charge in [0.05, 0.1) is 5.56 Å². The van der Waals surface area contributed by atoms with Crippen molar-refractivity contribution in [2.45, 2.75) is 76.2 Å². The molecule has 5 rings (SSSR count). The van der Waals surface area contributed by atoms with Crippen molar-refractivity contribution in [1.82, 2.24) is 0 Å². The van der Waals surface area contributed by atoms with Crippen LogP contribution < -0.4 is 4.74 Å². The third-order valence-corrected chi connectivity index (χ3v) is 8.44. The van der Waals surface area contributed by atoms with Crippen LogP contribution in [0.4, 0.5) is 26.3 Å². The Kier molecular flexibility index (Phi) is 9.48. The van der Waals surface area contributed by atoms with Crippen LogP contribution in [0.5, 0.6) is 5.75 Å². The molecule has 4 aromatic carbocycles. The summed E-state index contributed by atoms with van der Waals surface area (Å²) in [6.07, 6.45) is 3.03. The van der Waals surface area contributed by atoms with Gasteiger partial charge in [-0.25, -0.2) is 17.6 Å². The molecule has 0 radical (unpaired) electrons. The molecule has 0 atom stereocenters. The zero-order chi connectivity index (χ0) is 30.6. The van der Waals surface area contributed by atoms with Crippen molar-refractivity contribution in [3.8, 4) is 16.9 Å². The minimum atomic E-state index is -3.50. The summed E-state index contributed by atoms with van der Waals surface area (Å²) in [7, 11) is 0. The zero-order valence-corrected chi connectivity index (χ0v) is 24.0. The molecular formula is C36H34F6O. The van der Waals surface area contributed by atoms with Crippen molar-refractivity contribution >= 4 is 0 Å². The Morgan fingerprint density at radius 1 is 0.674 bits per heavy atom. The maximum absolute atomic E-state index is 15.2. The summed E-state index contributed by atoms with van der Waals surface area (Å²) in [6, 6.07) is 19.4. The highest BCUT2D eigenvalue weighted by Crippen LogP contribution is 2.42. The van der Waals surface area contributed by atoms with Crippen molar-refractivity contribution in [2.24, 2.45) is 0 Å². The molecule has 1 fully saturated rings. The number of hydrogen-bond acceptors (Lipinski definition) is 1. The average Bonchev–Trinajstić information content (AvgIpc) is 3.00. The predicted molar refractivity (Wildman–Crippen MR) is 156 cm³/mol. The first kappa shape index (κ1) is 30.7. The molecule has 0 heterocycles. The predicted octanol–water partition coefficient (Wildman–Crippen LogP) is 11.2. The quantitative estimate of drug-likeness (QED) is 0.101. The molecule has 1 nitrogen and oxygen atoms in total. The molecular weight excluding hydrogens is 562 g/mol. The van der Waals surface area contributed by atoms with E-state index in [0.29, 0.717) is 47.9 Å². The Labute approximate surface area is 248 Å². The lowest BCUT2D eigenvalue weighted by Gasteiger charge is -2.29. The fourth-order valence-electron chi connectivity index (χ4n) is 5.95. The first-order chi connectivity index (χ1) is 20.6. The summed E-state index contributed by atoms with van der Waals surface area (Å²) in [4.78, 5) is 0. The summed E-state index contributed by atoms with van der Waals surface area (Å²) < 4.78 is 90.6. The van der Waals surface area contributed by atoms with E-state index in [9.17, 15) is 22.0 Å². The summed E-state index contributed by atoms with van der Waals surface area (Å²) in [5.74, 6) is -4.42. The van der Waals surface area contributed by atoms with Crippen molar-refractivity contribution in [2.75, 3.05) is 0 Å². The minimum absolute atomic E-state index is 0.00413. The Bertz CT molecular complexity index is 1500. The van der Waals surface area contributed by atoms with Crippen LogP contribution >= 0.6 is 0 Å². The molecule has 1 aliphatic carbocycles. The van der Waals surface area contributed by atoms with Gasteiger partial charge in [-0.3, -0.25) is 0 Å². The van der Waals surface area contributed by atoms with Gasteiger partial charge in [0.15, 0.2) is 17.5 Å². The standard InChI is InChI=1S/C36H34F6O/c1-2-3-4-5-23-6-15-29(16-7-23)36(41,42)43-30-17-12-24(13-18-30)27-14-19-31(32(37)20-27)26-10-8-25(9-11-26)28-21-33(38)35(40)34(39)22-28/h6-7,12-22,25-26H,2-5,8-11H2,1H3. The van der Waals surface area contributed by atoms with Gasteiger partial charge in [0, 0.05) is 0 Å². The van der Waals surface area contributed by atoms with Crippen LogP contribution in [-0.4, -0.2) is 0 Å². The largest absolute Gasteiger partial charge is 0.429 e. The summed E-state index contributed by atoms with van der Waals surface area (Å²) in [5.41, 5.74) is 3.04. The van der Waals surface area contributed by atoms with E-state index in [-0.39, 0.29) is 29.0 Å². The van der Waals surface area contributed by atoms with E-state index in [1.807, 2.05) is 0 Å². The molecule has 43 heavy (non-hydrogen) atoms. The second-order valence-corrected chi connectivity index (χ2v) is 11.4. The molecule has 0 amide bonds. The van der Waals surface area contributed by atoms with Crippen LogP contribution in [0.1, 0.15) is 86.0 Å². The summed E-state index contributed by atoms with van der Waals surface area (Å²) in [6.45, 7) is 2.12. The van der Waals surface area contributed by atoms with E-state index in [1.165, 1.54) is 30.3 Å². The first-order valence-corrected chi connectivity index (χ1v) is 14.8. The molecule has 1 saturated carbocycles. The van der Waals surface area contributed by atoms with Crippen molar-refractivity contribution in [1.29, 1.82) is 0 Å².